The zero-order valence-corrected chi connectivity index (χ0v) is 12.1. The molecular formula is C14H10ClFN2OS. The van der Waals surface area contributed by atoms with E-state index in [9.17, 15) is 4.39 Å². The standard InChI is InChI=1S/C14H10ClFN2OS/c1-19-9-3-5-13-11(7-9)17-14(20)18(13)12-4-2-8(16)6-10(12)15/h2-7H,1H3,(H,17,20). The monoisotopic (exact) mass is 308 g/mol. The van der Waals surface area contributed by atoms with Gasteiger partial charge in [0.15, 0.2) is 4.77 Å². The number of aromatic nitrogens is 2. The second-order valence-corrected chi connectivity index (χ2v) is 5.04. The van der Waals surface area contributed by atoms with Gasteiger partial charge in [-0.2, -0.15) is 0 Å². The highest BCUT2D eigenvalue weighted by molar-refractivity contribution is 7.71. The average Bonchev–Trinajstić information content (AvgIpc) is 2.74. The number of nitrogens with zero attached hydrogens (tertiary/aromatic N) is 1. The molecule has 0 aliphatic rings. The lowest BCUT2D eigenvalue weighted by molar-refractivity contribution is 0.415. The van der Waals surface area contributed by atoms with Crippen molar-refractivity contribution in [2.75, 3.05) is 7.11 Å². The van der Waals surface area contributed by atoms with Crippen LogP contribution in [0.15, 0.2) is 36.4 Å². The quantitative estimate of drug-likeness (QED) is 0.707. The van der Waals surface area contributed by atoms with Crippen LogP contribution in [-0.4, -0.2) is 16.7 Å². The molecule has 20 heavy (non-hydrogen) atoms. The van der Waals surface area contributed by atoms with Gasteiger partial charge < -0.3 is 9.72 Å². The van der Waals surface area contributed by atoms with E-state index in [-0.39, 0.29) is 5.82 Å². The van der Waals surface area contributed by atoms with Crippen LogP contribution in [0.3, 0.4) is 0 Å². The second-order valence-electron chi connectivity index (χ2n) is 4.24. The smallest absolute Gasteiger partial charge is 0.182 e. The lowest BCUT2D eigenvalue weighted by Gasteiger charge is -2.07. The summed E-state index contributed by atoms with van der Waals surface area (Å²) in [5.41, 5.74) is 2.31. The van der Waals surface area contributed by atoms with Crippen molar-refractivity contribution < 1.29 is 9.13 Å². The molecule has 0 aliphatic heterocycles. The Kier molecular flexibility index (Phi) is 3.23. The maximum atomic E-state index is 13.2. The minimum Gasteiger partial charge on any atom is -0.497 e. The van der Waals surface area contributed by atoms with Crippen LogP contribution in [0.5, 0.6) is 5.75 Å². The number of benzene rings is 2. The summed E-state index contributed by atoms with van der Waals surface area (Å²) in [6, 6.07) is 9.77. The van der Waals surface area contributed by atoms with Crippen LogP contribution in [0.4, 0.5) is 4.39 Å². The van der Waals surface area contributed by atoms with Crippen molar-refractivity contribution in [3.05, 3.63) is 52.0 Å². The van der Waals surface area contributed by atoms with Crippen molar-refractivity contribution in [1.29, 1.82) is 0 Å². The molecule has 0 saturated heterocycles. The third kappa shape index (κ3) is 2.09. The molecule has 0 fully saturated rings. The van der Waals surface area contributed by atoms with Gasteiger partial charge in [-0.05, 0) is 42.5 Å². The molecule has 0 saturated carbocycles. The maximum absolute atomic E-state index is 13.2. The summed E-state index contributed by atoms with van der Waals surface area (Å²) in [7, 11) is 1.60. The molecule has 102 valence electrons. The largest absolute Gasteiger partial charge is 0.497 e. The second kappa shape index (κ2) is 4.92. The Morgan fingerprint density at radius 1 is 1.25 bits per heavy atom. The molecule has 0 unspecified atom stereocenters. The summed E-state index contributed by atoms with van der Waals surface area (Å²) in [6.07, 6.45) is 0. The van der Waals surface area contributed by atoms with E-state index in [1.54, 1.807) is 17.7 Å². The van der Waals surface area contributed by atoms with E-state index in [0.717, 1.165) is 16.8 Å². The first-order valence-corrected chi connectivity index (χ1v) is 6.63. The molecule has 3 nitrogen and oxygen atoms in total. The molecule has 0 bridgehead atoms. The van der Waals surface area contributed by atoms with Gasteiger partial charge in [0, 0.05) is 6.07 Å². The van der Waals surface area contributed by atoms with Crippen molar-refractivity contribution in [2.24, 2.45) is 0 Å². The molecular weight excluding hydrogens is 299 g/mol. The molecule has 0 spiro atoms. The highest BCUT2D eigenvalue weighted by atomic mass is 35.5. The topological polar surface area (TPSA) is 29.9 Å². The number of nitrogens with one attached hydrogen (secondary N) is 1. The Bertz CT molecular complexity index is 856. The highest BCUT2D eigenvalue weighted by Crippen LogP contribution is 2.28. The van der Waals surface area contributed by atoms with E-state index in [2.05, 4.69) is 4.98 Å². The highest BCUT2D eigenvalue weighted by Gasteiger charge is 2.11. The first-order chi connectivity index (χ1) is 9.60. The first-order valence-electron chi connectivity index (χ1n) is 5.84. The Morgan fingerprint density at radius 3 is 2.75 bits per heavy atom. The van der Waals surface area contributed by atoms with E-state index in [1.165, 1.54) is 12.1 Å². The lowest BCUT2D eigenvalue weighted by atomic mass is 10.2. The number of hydrogen-bond acceptors (Lipinski definition) is 2. The number of rotatable bonds is 2. The molecule has 1 N–H and O–H groups in total. The zero-order valence-electron chi connectivity index (χ0n) is 10.5. The van der Waals surface area contributed by atoms with E-state index in [0.29, 0.717) is 15.5 Å². The normalized spacial score (nSPS) is 10.9. The van der Waals surface area contributed by atoms with Crippen LogP contribution < -0.4 is 4.74 Å². The predicted octanol–water partition coefficient (Wildman–Crippen LogP) is 4.49. The number of H-pyrrole nitrogens is 1. The molecule has 0 amide bonds. The van der Waals surface area contributed by atoms with E-state index < -0.39 is 0 Å². The van der Waals surface area contributed by atoms with Crippen LogP contribution in [0.1, 0.15) is 0 Å². The van der Waals surface area contributed by atoms with E-state index in [4.69, 9.17) is 28.6 Å². The van der Waals surface area contributed by atoms with Gasteiger partial charge in [0.05, 0.1) is 28.9 Å². The Balaban J connectivity index is 2.31. The number of fused-ring (bicyclic) bond motifs is 1. The number of halogens is 2. The molecule has 0 atom stereocenters. The number of aromatic amines is 1. The van der Waals surface area contributed by atoms with Crippen LogP contribution >= 0.6 is 23.8 Å². The van der Waals surface area contributed by atoms with Crippen LogP contribution in [-0.2, 0) is 0 Å². The van der Waals surface area contributed by atoms with Gasteiger partial charge in [0.2, 0.25) is 0 Å². The summed E-state index contributed by atoms with van der Waals surface area (Å²) in [5, 5.41) is 0.304. The lowest BCUT2D eigenvalue weighted by Crippen LogP contribution is -1.95. The van der Waals surface area contributed by atoms with Crippen molar-refractivity contribution in [3.63, 3.8) is 0 Å². The van der Waals surface area contributed by atoms with Gasteiger partial charge in [-0.15, -0.1) is 0 Å². The van der Waals surface area contributed by atoms with Gasteiger partial charge >= 0.3 is 0 Å². The van der Waals surface area contributed by atoms with Gasteiger partial charge in [-0.25, -0.2) is 4.39 Å². The molecule has 2 aromatic carbocycles. The van der Waals surface area contributed by atoms with Crippen molar-refractivity contribution >= 4 is 34.9 Å². The van der Waals surface area contributed by atoms with E-state index >= 15 is 0 Å². The third-order valence-electron chi connectivity index (χ3n) is 3.04. The van der Waals surface area contributed by atoms with Crippen molar-refractivity contribution in [3.8, 4) is 11.4 Å². The minimum absolute atomic E-state index is 0.304. The summed E-state index contributed by atoms with van der Waals surface area (Å²) in [4.78, 5) is 3.09. The van der Waals surface area contributed by atoms with Gasteiger partial charge in [-0.3, -0.25) is 4.57 Å². The van der Waals surface area contributed by atoms with Crippen LogP contribution in [0, 0.1) is 10.6 Å². The summed E-state index contributed by atoms with van der Waals surface area (Å²) >= 11 is 11.4. The van der Waals surface area contributed by atoms with Gasteiger partial charge in [0.1, 0.15) is 11.6 Å². The van der Waals surface area contributed by atoms with Crippen LogP contribution in [0.2, 0.25) is 5.02 Å². The number of ether oxygens (including phenoxy) is 1. The fraction of sp³-hybridized carbons (Fsp3) is 0.0714. The predicted molar refractivity (Wildman–Crippen MR) is 80.0 cm³/mol. The number of imidazole rings is 1. The summed E-state index contributed by atoms with van der Waals surface area (Å²) < 4.78 is 20.6. The Morgan fingerprint density at radius 2 is 2.05 bits per heavy atom. The minimum atomic E-state index is -0.383. The molecule has 0 radical (unpaired) electrons. The van der Waals surface area contributed by atoms with Crippen molar-refractivity contribution in [2.45, 2.75) is 0 Å². The summed E-state index contributed by atoms with van der Waals surface area (Å²) in [6.45, 7) is 0. The van der Waals surface area contributed by atoms with Gasteiger partial charge in [-0.1, -0.05) is 11.6 Å². The van der Waals surface area contributed by atoms with E-state index in [1.807, 2.05) is 18.2 Å². The maximum Gasteiger partial charge on any atom is 0.182 e. The fourth-order valence-corrected chi connectivity index (χ4v) is 2.68. The summed E-state index contributed by atoms with van der Waals surface area (Å²) in [5.74, 6) is 0.345. The molecule has 3 rings (SSSR count). The molecule has 1 aromatic heterocycles. The fourth-order valence-electron chi connectivity index (χ4n) is 2.12. The SMILES string of the molecule is COc1ccc2c(c1)[nH]c(=S)n2-c1ccc(F)cc1Cl. The molecule has 6 heteroatoms. The molecule has 1 heterocycles. The number of hydrogen-bond donors (Lipinski definition) is 1. The number of methoxy groups -OCH3 is 1. The first kappa shape index (κ1) is 13.1. The Labute approximate surface area is 124 Å². The Hall–Kier alpha value is -1.85. The van der Waals surface area contributed by atoms with Crippen molar-refractivity contribution in [1.82, 2.24) is 9.55 Å². The molecule has 0 aliphatic carbocycles. The zero-order chi connectivity index (χ0) is 14.3. The molecule has 3 aromatic rings. The van der Waals surface area contributed by atoms with Gasteiger partial charge in [0.25, 0.3) is 0 Å². The van der Waals surface area contributed by atoms with Crippen LogP contribution in [0.25, 0.3) is 16.7 Å². The average molecular weight is 309 g/mol. The third-order valence-corrected chi connectivity index (χ3v) is 3.63.